The van der Waals surface area contributed by atoms with E-state index in [2.05, 4.69) is 5.32 Å². The zero-order chi connectivity index (χ0) is 19.2. The first-order chi connectivity index (χ1) is 13.1. The van der Waals surface area contributed by atoms with E-state index in [1.54, 1.807) is 30.3 Å². The van der Waals surface area contributed by atoms with Crippen LogP contribution in [0.2, 0.25) is 5.02 Å². The number of halogens is 1. The van der Waals surface area contributed by atoms with Crippen molar-refractivity contribution in [3.8, 4) is 17.6 Å². The summed E-state index contributed by atoms with van der Waals surface area (Å²) < 4.78 is 16.2. The van der Waals surface area contributed by atoms with Gasteiger partial charge in [-0.25, -0.2) is 4.79 Å². The molecule has 138 valence electrons. The molecule has 1 heterocycles. The minimum atomic E-state index is -0.518. The van der Waals surface area contributed by atoms with Gasteiger partial charge in [-0.3, -0.25) is 4.79 Å². The fourth-order valence-corrected chi connectivity index (χ4v) is 2.73. The maximum absolute atomic E-state index is 12.2. The monoisotopic (exact) mass is 386 g/mol. The van der Waals surface area contributed by atoms with Crippen molar-refractivity contribution in [1.29, 1.82) is 5.26 Å². The molecule has 0 atom stereocenters. The number of esters is 1. The number of nitriles is 1. The van der Waals surface area contributed by atoms with Crippen LogP contribution < -0.4 is 14.8 Å². The predicted octanol–water partition coefficient (Wildman–Crippen LogP) is 3.32. The third-order valence-corrected chi connectivity index (χ3v) is 3.95. The molecule has 0 bridgehead atoms. The molecule has 3 rings (SSSR count). The Morgan fingerprint density at radius 3 is 2.67 bits per heavy atom. The Morgan fingerprint density at radius 1 is 1.19 bits per heavy atom. The number of fused-ring (bicyclic) bond motifs is 1. The van der Waals surface area contributed by atoms with Gasteiger partial charge >= 0.3 is 5.97 Å². The lowest BCUT2D eigenvalue weighted by molar-refractivity contribution is -0.115. The van der Waals surface area contributed by atoms with E-state index >= 15 is 0 Å². The van der Waals surface area contributed by atoms with Gasteiger partial charge in [-0.15, -0.1) is 0 Å². The minimum absolute atomic E-state index is 0.0237. The molecule has 1 N–H and O–H groups in total. The Kier molecular flexibility index (Phi) is 5.79. The van der Waals surface area contributed by atoms with Crippen LogP contribution in [-0.4, -0.2) is 25.1 Å². The molecule has 2 aromatic rings. The van der Waals surface area contributed by atoms with Gasteiger partial charge in [0.1, 0.15) is 26.2 Å². The van der Waals surface area contributed by atoms with Gasteiger partial charge in [0.25, 0.3) is 0 Å². The third-order valence-electron chi connectivity index (χ3n) is 3.67. The zero-order valence-electron chi connectivity index (χ0n) is 14.2. The number of hydrogen-bond donors (Lipinski definition) is 1. The van der Waals surface area contributed by atoms with Crippen LogP contribution in [0.25, 0.3) is 0 Å². The SMILES string of the molecule is N#CCC(=O)Nc1ccc(C(=O)OCc2cc(Cl)c3c(c2)OCCO3)cc1. The number of nitrogens with one attached hydrogen (secondary N) is 1. The van der Waals surface area contributed by atoms with Gasteiger partial charge in [0, 0.05) is 5.69 Å². The summed E-state index contributed by atoms with van der Waals surface area (Å²) in [6, 6.07) is 11.3. The fraction of sp³-hybridized carbons (Fsp3) is 0.211. The molecule has 0 spiro atoms. The zero-order valence-corrected chi connectivity index (χ0v) is 14.9. The molecule has 2 aromatic carbocycles. The van der Waals surface area contributed by atoms with Gasteiger partial charge < -0.3 is 19.5 Å². The highest BCUT2D eigenvalue weighted by Crippen LogP contribution is 2.38. The summed E-state index contributed by atoms with van der Waals surface area (Å²) in [6.07, 6.45) is -0.234. The Bertz CT molecular complexity index is 906. The summed E-state index contributed by atoms with van der Waals surface area (Å²) in [5.41, 5.74) is 1.50. The molecule has 0 radical (unpaired) electrons. The molecular weight excluding hydrogens is 372 g/mol. The number of carbonyl (C=O) groups excluding carboxylic acids is 2. The topological polar surface area (TPSA) is 97.7 Å². The van der Waals surface area contributed by atoms with Crippen molar-refractivity contribution in [2.45, 2.75) is 13.0 Å². The average Bonchev–Trinajstić information content (AvgIpc) is 2.67. The third kappa shape index (κ3) is 4.68. The number of nitrogens with zero attached hydrogens (tertiary/aromatic N) is 1. The molecule has 1 aliphatic heterocycles. The second kappa shape index (κ2) is 8.43. The number of ether oxygens (including phenoxy) is 3. The molecule has 0 fully saturated rings. The van der Waals surface area contributed by atoms with Crippen molar-refractivity contribution in [3.05, 3.63) is 52.5 Å². The average molecular weight is 387 g/mol. The largest absolute Gasteiger partial charge is 0.486 e. The Hall–Kier alpha value is -3.24. The first kappa shape index (κ1) is 18.5. The number of rotatable bonds is 5. The van der Waals surface area contributed by atoms with E-state index in [0.717, 1.165) is 0 Å². The summed E-state index contributed by atoms with van der Waals surface area (Å²) in [7, 11) is 0. The predicted molar refractivity (Wildman–Crippen MR) is 96.9 cm³/mol. The summed E-state index contributed by atoms with van der Waals surface area (Å²) in [4.78, 5) is 23.6. The second-order valence-electron chi connectivity index (χ2n) is 5.64. The van der Waals surface area contributed by atoms with Gasteiger partial charge in [0.05, 0.1) is 16.7 Å². The van der Waals surface area contributed by atoms with E-state index in [4.69, 9.17) is 31.1 Å². The summed E-state index contributed by atoms with van der Waals surface area (Å²) in [5.74, 6) is 0.0866. The van der Waals surface area contributed by atoms with Crippen LogP contribution in [0.4, 0.5) is 5.69 Å². The van der Waals surface area contributed by atoms with Gasteiger partial charge in [-0.2, -0.15) is 5.26 Å². The van der Waals surface area contributed by atoms with Crippen LogP contribution in [0.5, 0.6) is 11.5 Å². The molecular formula is C19H15ClN2O5. The van der Waals surface area contributed by atoms with Crippen molar-refractivity contribution >= 4 is 29.2 Å². The molecule has 8 heteroatoms. The number of anilines is 1. The van der Waals surface area contributed by atoms with E-state index in [0.29, 0.717) is 46.5 Å². The van der Waals surface area contributed by atoms with Gasteiger partial charge in [0.15, 0.2) is 11.5 Å². The van der Waals surface area contributed by atoms with Crippen LogP contribution in [-0.2, 0) is 16.1 Å². The maximum atomic E-state index is 12.2. The highest BCUT2D eigenvalue weighted by Gasteiger charge is 2.17. The molecule has 0 saturated carbocycles. The van der Waals surface area contributed by atoms with E-state index in [1.807, 2.05) is 0 Å². The van der Waals surface area contributed by atoms with Gasteiger partial charge in [-0.05, 0) is 42.0 Å². The number of hydrogen-bond acceptors (Lipinski definition) is 6. The molecule has 0 saturated heterocycles. The lowest BCUT2D eigenvalue weighted by atomic mass is 10.2. The number of benzene rings is 2. The second-order valence-corrected chi connectivity index (χ2v) is 6.05. The smallest absolute Gasteiger partial charge is 0.338 e. The summed E-state index contributed by atoms with van der Waals surface area (Å²) in [5, 5.41) is 11.4. The Balaban J connectivity index is 1.60. The van der Waals surface area contributed by atoms with Crippen molar-refractivity contribution < 1.29 is 23.8 Å². The maximum Gasteiger partial charge on any atom is 0.338 e. The summed E-state index contributed by atoms with van der Waals surface area (Å²) >= 11 is 6.16. The number of amides is 1. The van der Waals surface area contributed by atoms with Crippen molar-refractivity contribution in [2.24, 2.45) is 0 Å². The molecule has 0 unspecified atom stereocenters. The van der Waals surface area contributed by atoms with Crippen molar-refractivity contribution in [1.82, 2.24) is 0 Å². The standard InChI is InChI=1S/C19H15ClN2O5/c20-15-9-12(10-16-18(15)26-8-7-25-16)11-27-19(24)13-1-3-14(4-2-13)22-17(23)5-6-21/h1-4,9-10H,5,7-8,11H2,(H,22,23). The molecule has 0 aromatic heterocycles. The van der Waals surface area contributed by atoms with Crippen LogP contribution in [0.3, 0.4) is 0 Å². The van der Waals surface area contributed by atoms with Gasteiger partial charge in [0.2, 0.25) is 5.91 Å². The summed E-state index contributed by atoms with van der Waals surface area (Å²) in [6.45, 7) is 0.897. The van der Waals surface area contributed by atoms with Crippen molar-refractivity contribution in [2.75, 3.05) is 18.5 Å². The van der Waals surface area contributed by atoms with Gasteiger partial charge in [-0.1, -0.05) is 11.6 Å². The van der Waals surface area contributed by atoms with E-state index in [1.165, 1.54) is 12.1 Å². The van der Waals surface area contributed by atoms with Crippen molar-refractivity contribution in [3.63, 3.8) is 0 Å². The van der Waals surface area contributed by atoms with E-state index in [9.17, 15) is 9.59 Å². The first-order valence-corrected chi connectivity index (χ1v) is 8.46. The van der Waals surface area contributed by atoms with E-state index < -0.39 is 11.9 Å². The van der Waals surface area contributed by atoms with Crippen LogP contribution in [0.15, 0.2) is 36.4 Å². The number of carbonyl (C=O) groups is 2. The molecule has 1 amide bonds. The Labute approximate surface area is 160 Å². The molecule has 1 aliphatic rings. The Morgan fingerprint density at radius 2 is 1.93 bits per heavy atom. The van der Waals surface area contributed by atoms with Crippen LogP contribution in [0.1, 0.15) is 22.3 Å². The molecule has 27 heavy (non-hydrogen) atoms. The fourth-order valence-electron chi connectivity index (χ4n) is 2.45. The highest BCUT2D eigenvalue weighted by atomic mass is 35.5. The van der Waals surface area contributed by atoms with Crippen LogP contribution >= 0.6 is 11.6 Å². The van der Waals surface area contributed by atoms with E-state index in [-0.39, 0.29) is 13.0 Å². The minimum Gasteiger partial charge on any atom is -0.486 e. The van der Waals surface area contributed by atoms with Crippen LogP contribution in [0, 0.1) is 11.3 Å². The lowest BCUT2D eigenvalue weighted by Crippen LogP contribution is -2.16. The normalized spacial score (nSPS) is 12.0. The molecule has 0 aliphatic carbocycles. The molecule has 7 nitrogen and oxygen atoms in total. The first-order valence-electron chi connectivity index (χ1n) is 8.09. The highest BCUT2D eigenvalue weighted by molar-refractivity contribution is 6.32. The lowest BCUT2D eigenvalue weighted by Gasteiger charge is -2.20. The quantitative estimate of drug-likeness (QED) is 0.791.